The summed E-state index contributed by atoms with van der Waals surface area (Å²) in [4.78, 5) is 3.77. The van der Waals surface area contributed by atoms with Crippen LogP contribution < -0.4 is 10.5 Å². The highest BCUT2D eigenvalue weighted by Crippen LogP contribution is 2.26. The second-order valence-corrected chi connectivity index (χ2v) is 7.58. The van der Waals surface area contributed by atoms with Gasteiger partial charge in [-0.3, -0.25) is 4.72 Å². The molecule has 0 unspecified atom stereocenters. The number of aromatic nitrogens is 1. The van der Waals surface area contributed by atoms with E-state index < -0.39 is 10.0 Å². The van der Waals surface area contributed by atoms with Crippen molar-refractivity contribution in [3.05, 3.63) is 45.0 Å². The fraction of sp³-hybridized carbons (Fsp3) is 0.0833. The standard InChI is InChI=1S/C12H11Br2N3O2S/c1-7-2-3-8(13)4-10(7)17-20(18,19)11-5-9(14)6-16-12(11)15/h2-6,17H,1H3,(H2,15,16). The molecule has 0 aliphatic carbocycles. The van der Waals surface area contributed by atoms with Crippen molar-refractivity contribution in [3.63, 3.8) is 0 Å². The largest absolute Gasteiger partial charge is 0.383 e. The van der Waals surface area contributed by atoms with E-state index in [4.69, 9.17) is 5.73 Å². The molecule has 0 amide bonds. The average molecular weight is 421 g/mol. The van der Waals surface area contributed by atoms with Gasteiger partial charge in [-0.1, -0.05) is 22.0 Å². The Hall–Kier alpha value is -1.12. The molecule has 106 valence electrons. The lowest BCUT2D eigenvalue weighted by molar-refractivity contribution is 0.601. The molecule has 0 saturated heterocycles. The van der Waals surface area contributed by atoms with E-state index >= 15 is 0 Å². The van der Waals surface area contributed by atoms with Gasteiger partial charge in [-0.2, -0.15) is 0 Å². The summed E-state index contributed by atoms with van der Waals surface area (Å²) in [6.07, 6.45) is 1.44. The summed E-state index contributed by atoms with van der Waals surface area (Å²) in [7, 11) is -3.79. The zero-order valence-corrected chi connectivity index (χ0v) is 14.4. The van der Waals surface area contributed by atoms with Crippen molar-refractivity contribution >= 4 is 53.4 Å². The maximum atomic E-state index is 12.4. The van der Waals surface area contributed by atoms with Gasteiger partial charge < -0.3 is 5.73 Å². The molecule has 8 heteroatoms. The number of benzene rings is 1. The lowest BCUT2D eigenvalue weighted by Gasteiger charge is -2.12. The van der Waals surface area contributed by atoms with E-state index in [1.807, 2.05) is 19.1 Å². The third kappa shape index (κ3) is 3.31. The highest BCUT2D eigenvalue weighted by Gasteiger charge is 2.20. The SMILES string of the molecule is Cc1ccc(Br)cc1NS(=O)(=O)c1cc(Br)cnc1N. The first-order valence-corrected chi connectivity index (χ1v) is 8.56. The summed E-state index contributed by atoms with van der Waals surface area (Å²) < 4.78 is 28.6. The minimum absolute atomic E-state index is 0.0478. The summed E-state index contributed by atoms with van der Waals surface area (Å²) in [5.41, 5.74) is 6.93. The van der Waals surface area contributed by atoms with E-state index in [2.05, 4.69) is 41.6 Å². The number of nitrogens with two attached hydrogens (primary N) is 1. The van der Waals surface area contributed by atoms with Crippen LogP contribution in [0.3, 0.4) is 0 Å². The average Bonchev–Trinajstić information content (AvgIpc) is 2.36. The van der Waals surface area contributed by atoms with E-state index in [0.717, 1.165) is 10.0 Å². The zero-order chi connectivity index (χ0) is 14.9. The topological polar surface area (TPSA) is 85.1 Å². The number of nitrogens with zero attached hydrogens (tertiary/aromatic N) is 1. The van der Waals surface area contributed by atoms with Gasteiger partial charge >= 0.3 is 0 Å². The molecule has 1 heterocycles. The molecule has 0 fully saturated rings. The normalized spacial score (nSPS) is 11.3. The number of pyridine rings is 1. The van der Waals surface area contributed by atoms with Crippen molar-refractivity contribution in [2.24, 2.45) is 0 Å². The molecule has 1 aromatic carbocycles. The first-order valence-electron chi connectivity index (χ1n) is 5.49. The molecular formula is C12H11Br2N3O2S. The first kappa shape index (κ1) is 15.3. The second kappa shape index (κ2) is 5.71. The summed E-state index contributed by atoms with van der Waals surface area (Å²) in [6, 6.07) is 6.75. The molecular weight excluding hydrogens is 410 g/mol. The molecule has 2 rings (SSSR count). The van der Waals surface area contributed by atoms with Crippen LogP contribution in [0.5, 0.6) is 0 Å². The molecule has 0 bridgehead atoms. The van der Waals surface area contributed by atoms with Gasteiger partial charge in [-0.25, -0.2) is 13.4 Å². The molecule has 0 radical (unpaired) electrons. The number of halogens is 2. The minimum Gasteiger partial charge on any atom is -0.383 e. The van der Waals surface area contributed by atoms with Crippen LogP contribution in [0.15, 0.2) is 44.3 Å². The maximum Gasteiger partial charge on any atom is 0.265 e. The van der Waals surface area contributed by atoms with Crippen LogP contribution in [0.4, 0.5) is 11.5 Å². The number of nitrogens with one attached hydrogen (secondary N) is 1. The monoisotopic (exact) mass is 419 g/mol. The molecule has 0 saturated carbocycles. The highest BCUT2D eigenvalue weighted by atomic mass is 79.9. The minimum atomic E-state index is -3.79. The number of sulfonamides is 1. The van der Waals surface area contributed by atoms with Crippen LogP contribution in [0.1, 0.15) is 5.56 Å². The number of anilines is 2. The Balaban J connectivity index is 2.46. The number of rotatable bonds is 3. The Labute approximate surface area is 133 Å². The molecule has 5 nitrogen and oxygen atoms in total. The van der Waals surface area contributed by atoms with E-state index in [0.29, 0.717) is 10.2 Å². The maximum absolute atomic E-state index is 12.4. The van der Waals surface area contributed by atoms with Crippen LogP contribution in [0, 0.1) is 6.92 Å². The van der Waals surface area contributed by atoms with Crippen LogP contribution in [0.25, 0.3) is 0 Å². The van der Waals surface area contributed by atoms with Gasteiger partial charge in [0.2, 0.25) is 0 Å². The van der Waals surface area contributed by atoms with Crippen molar-refractivity contribution < 1.29 is 8.42 Å². The Kier molecular flexibility index (Phi) is 4.36. The fourth-order valence-corrected chi connectivity index (χ4v) is 3.62. The molecule has 2 aromatic rings. The van der Waals surface area contributed by atoms with Gasteiger partial charge in [0.05, 0.1) is 5.69 Å². The molecule has 0 spiro atoms. The number of nitrogen functional groups attached to an aromatic ring is 1. The quantitative estimate of drug-likeness (QED) is 0.797. The predicted molar refractivity (Wildman–Crippen MR) is 86.0 cm³/mol. The van der Waals surface area contributed by atoms with Crippen molar-refractivity contribution in [1.29, 1.82) is 0 Å². The molecule has 3 N–H and O–H groups in total. The number of hydrogen-bond donors (Lipinski definition) is 2. The summed E-state index contributed by atoms with van der Waals surface area (Å²) >= 11 is 6.49. The van der Waals surface area contributed by atoms with E-state index in [9.17, 15) is 8.42 Å². The van der Waals surface area contributed by atoms with Gasteiger partial charge in [0.25, 0.3) is 10.0 Å². The van der Waals surface area contributed by atoms with E-state index in [1.165, 1.54) is 12.3 Å². The van der Waals surface area contributed by atoms with Crippen LogP contribution in [-0.2, 0) is 10.0 Å². The van der Waals surface area contributed by atoms with E-state index in [1.54, 1.807) is 6.07 Å². The Morgan fingerprint density at radius 2 is 1.90 bits per heavy atom. The summed E-state index contributed by atoms with van der Waals surface area (Å²) in [5.74, 6) is -0.0478. The molecule has 0 atom stereocenters. The first-order chi connectivity index (χ1) is 9.29. The molecule has 20 heavy (non-hydrogen) atoms. The smallest absolute Gasteiger partial charge is 0.265 e. The van der Waals surface area contributed by atoms with Crippen LogP contribution in [-0.4, -0.2) is 13.4 Å². The van der Waals surface area contributed by atoms with Crippen molar-refractivity contribution in [2.45, 2.75) is 11.8 Å². The van der Waals surface area contributed by atoms with Gasteiger partial charge in [0, 0.05) is 15.1 Å². The second-order valence-electron chi connectivity index (χ2n) is 4.10. The Morgan fingerprint density at radius 1 is 1.20 bits per heavy atom. The van der Waals surface area contributed by atoms with E-state index in [-0.39, 0.29) is 10.7 Å². The van der Waals surface area contributed by atoms with Gasteiger partial charge in [0.1, 0.15) is 10.7 Å². The van der Waals surface area contributed by atoms with Crippen LogP contribution in [0.2, 0.25) is 0 Å². The lowest BCUT2D eigenvalue weighted by atomic mass is 10.2. The molecule has 0 aliphatic heterocycles. The third-order valence-electron chi connectivity index (χ3n) is 2.58. The Bertz CT molecular complexity index is 763. The predicted octanol–water partition coefficient (Wildman–Crippen LogP) is 3.30. The van der Waals surface area contributed by atoms with Crippen molar-refractivity contribution in [1.82, 2.24) is 4.98 Å². The Morgan fingerprint density at radius 3 is 2.60 bits per heavy atom. The van der Waals surface area contributed by atoms with Gasteiger partial charge in [-0.05, 0) is 46.6 Å². The van der Waals surface area contributed by atoms with Crippen molar-refractivity contribution in [2.75, 3.05) is 10.5 Å². The zero-order valence-electron chi connectivity index (χ0n) is 10.4. The molecule has 0 aliphatic rings. The summed E-state index contributed by atoms with van der Waals surface area (Å²) in [6.45, 7) is 1.81. The van der Waals surface area contributed by atoms with Crippen molar-refractivity contribution in [3.8, 4) is 0 Å². The van der Waals surface area contributed by atoms with Crippen LogP contribution >= 0.6 is 31.9 Å². The fourth-order valence-electron chi connectivity index (χ4n) is 1.55. The number of aryl methyl sites for hydroxylation is 1. The highest BCUT2D eigenvalue weighted by molar-refractivity contribution is 9.10. The van der Waals surface area contributed by atoms with Gasteiger partial charge in [-0.15, -0.1) is 0 Å². The lowest BCUT2D eigenvalue weighted by Crippen LogP contribution is -2.16. The molecule has 1 aromatic heterocycles. The van der Waals surface area contributed by atoms with Gasteiger partial charge in [0.15, 0.2) is 0 Å². The number of hydrogen-bond acceptors (Lipinski definition) is 4. The third-order valence-corrected chi connectivity index (χ3v) is 4.90. The summed E-state index contributed by atoms with van der Waals surface area (Å²) in [5, 5.41) is 0.